The van der Waals surface area contributed by atoms with E-state index in [1.807, 2.05) is 6.92 Å². The molecule has 4 bridgehead atoms. The van der Waals surface area contributed by atoms with Crippen LogP contribution in [0.2, 0.25) is 0 Å². The molecule has 0 radical (unpaired) electrons. The van der Waals surface area contributed by atoms with E-state index in [0.717, 1.165) is 31.1 Å². The van der Waals surface area contributed by atoms with E-state index < -0.39 is 0 Å². The van der Waals surface area contributed by atoms with Crippen molar-refractivity contribution in [2.75, 3.05) is 13.2 Å². The average Bonchev–Trinajstić information content (AvgIpc) is 2.33. The normalized spacial score (nSPS) is 45.6. The minimum atomic E-state index is -0.385. The highest BCUT2D eigenvalue weighted by Crippen LogP contribution is 2.60. The fraction of sp³-hybridized carbons (Fsp3) is 1.00. The highest BCUT2D eigenvalue weighted by molar-refractivity contribution is 5.10. The van der Waals surface area contributed by atoms with Gasteiger partial charge in [0.25, 0.3) is 0 Å². The summed E-state index contributed by atoms with van der Waals surface area (Å²) in [6.07, 6.45) is 6.60. The Morgan fingerprint density at radius 3 is 2.00 bits per heavy atom. The molecule has 0 aromatic rings. The Morgan fingerprint density at radius 2 is 1.55 bits per heavy atom. The summed E-state index contributed by atoms with van der Waals surface area (Å²) in [7, 11) is 0. The standard InChI is InChI=1S/C16H29NO3/c1-11(17)8-19-15-4-13-3-14(5-15)7-16(6-13,10-15)20-9-12(2)18/h11-14,18H,3-10,17H2,1-2H3. The Labute approximate surface area is 122 Å². The van der Waals surface area contributed by atoms with Crippen molar-refractivity contribution in [1.82, 2.24) is 0 Å². The maximum absolute atomic E-state index is 9.52. The van der Waals surface area contributed by atoms with Crippen LogP contribution in [0.25, 0.3) is 0 Å². The Balaban J connectivity index is 1.71. The minimum Gasteiger partial charge on any atom is -0.391 e. The van der Waals surface area contributed by atoms with Gasteiger partial charge in [-0.05, 0) is 57.8 Å². The largest absolute Gasteiger partial charge is 0.391 e. The molecule has 4 atom stereocenters. The van der Waals surface area contributed by atoms with Gasteiger partial charge in [0, 0.05) is 12.5 Å². The number of hydrogen-bond donors (Lipinski definition) is 2. The van der Waals surface area contributed by atoms with E-state index in [0.29, 0.717) is 13.2 Å². The predicted molar refractivity (Wildman–Crippen MR) is 77.4 cm³/mol. The van der Waals surface area contributed by atoms with Crippen LogP contribution in [0.15, 0.2) is 0 Å². The second kappa shape index (κ2) is 5.24. The lowest BCUT2D eigenvalue weighted by atomic mass is 9.52. The Kier molecular flexibility index (Phi) is 3.87. The molecule has 4 nitrogen and oxygen atoms in total. The van der Waals surface area contributed by atoms with Crippen LogP contribution in [0.4, 0.5) is 0 Å². The smallest absolute Gasteiger partial charge is 0.0745 e. The van der Waals surface area contributed by atoms with Gasteiger partial charge in [0.2, 0.25) is 0 Å². The second-order valence-electron chi connectivity index (χ2n) is 7.78. The third-order valence-electron chi connectivity index (χ3n) is 5.24. The van der Waals surface area contributed by atoms with Crippen molar-refractivity contribution in [3.8, 4) is 0 Å². The first-order valence-corrected chi connectivity index (χ1v) is 8.12. The van der Waals surface area contributed by atoms with Crippen LogP contribution in [0.5, 0.6) is 0 Å². The summed E-state index contributed by atoms with van der Waals surface area (Å²) in [5, 5.41) is 9.52. The molecule has 4 aliphatic carbocycles. The minimum absolute atomic E-state index is 0.00356. The lowest BCUT2D eigenvalue weighted by molar-refractivity contribution is -0.242. The van der Waals surface area contributed by atoms with Crippen molar-refractivity contribution < 1.29 is 14.6 Å². The third kappa shape index (κ3) is 2.89. The molecule has 116 valence electrons. The molecule has 0 amide bonds. The molecule has 4 rings (SSSR count). The van der Waals surface area contributed by atoms with Gasteiger partial charge in [-0.15, -0.1) is 0 Å². The summed E-state index contributed by atoms with van der Waals surface area (Å²) in [5.74, 6) is 1.47. The lowest BCUT2D eigenvalue weighted by Crippen LogP contribution is -2.61. The molecule has 4 unspecified atom stereocenters. The molecule has 0 heterocycles. The molecule has 0 spiro atoms. The van der Waals surface area contributed by atoms with Crippen LogP contribution < -0.4 is 5.73 Å². The van der Waals surface area contributed by atoms with E-state index in [9.17, 15) is 5.11 Å². The fourth-order valence-corrected chi connectivity index (χ4v) is 5.04. The molecular formula is C16H29NO3. The average molecular weight is 283 g/mol. The molecule has 4 saturated carbocycles. The number of aliphatic hydroxyl groups is 1. The van der Waals surface area contributed by atoms with Crippen LogP contribution in [-0.2, 0) is 9.47 Å². The highest BCUT2D eigenvalue weighted by atomic mass is 16.5. The van der Waals surface area contributed by atoms with Gasteiger partial charge in [-0.25, -0.2) is 0 Å². The van der Waals surface area contributed by atoms with Crippen molar-refractivity contribution in [2.45, 2.75) is 75.7 Å². The molecule has 3 N–H and O–H groups in total. The molecule has 4 aliphatic rings. The zero-order valence-corrected chi connectivity index (χ0v) is 12.8. The van der Waals surface area contributed by atoms with E-state index in [2.05, 4.69) is 0 Å². The second-order valence-corrected chi connectivity index (χ2v) is 7.78. The molecular weight excluding hydrogens is 254 g/mol. The van der Waals surface area contributed by atoms with Gasteiger partial charge in [0.05, 0.1) is 30.5 Å². The fourth-order valence-electron chi connectivity index (χ4n) is 5.04. The summed E-state index contributed by atoms with van der Waals surface area (Å²) in [6, 6.07) is 0.0948. The quantitative estimate of drug-likeness (QED) is 0.780. The number of ether oxygens (including phenoxy) is 2. The summed E-state index contributed by atoms with van der Waals surface area (Å²) in [6.45, 7) is 4.89. The van der Waals surface area contributed by atoms with Gasteiger partial charge >= 0.3 is 0 Å². The first-order valence-electron chi connectivity index (χ1n) is 8.12. The lowest BCUT2D eigenvalue weighted by Gasteiger charge is -2.61. The number of rotatable bonds is 6. The van der Waals surface area contributed by atoms with E-state index in [-0.39, 0.29) is 23.3 Å². The van der Waals surface area contributed by atoms with Crippen LogP contribution in [0, 0.1) is 11.8 Å². The van der Waals surface area contributed by atoms with E-state index in [4.69, 9.17) is 15.2 Å². The van der Waals surface area contributed by atoms with E-state index in [1.165, 1.54) is 19.3 Å². The monoisotopic (exact) mass is 283 g/mol. The number of nitrogens with two attached hydrogens (primary N) is 1. The molecule has 4 heteroatoms. The van der Waals surface area contributed by atoms with Crippen LogP contribution >= 0.6 is 0 Å². The molecule has 20 heavy (non-hydrogen) atoms. The SMILES string of the molecule is CC(N)COC12CC3CC(C1)CC(OCC(C)O)(C3)C2. The molecule has 0 aromatic carbocycles. The Hall–Kier alpha value is -0.160. The van der Waals surface area contributed by atoms with E-state index in [1.54, 1.807) is 6.92 Å². The van der Waals surface area contributed by atoms with Gasteiger partial charge in [-0.1, -0.05) is 0 Å². The van der Waals surface area contributed by atoms with Gasteiger partial charge in [0.15, 0.2) is 0 Å². The van der Waals surface area contributed by atoms with Crippen LogP contribution in [-0.4, -0.2) is 41.7 Å². The molecule has 0 aromatic heterocycles. The third-order valence-corrected chi connectivity index (χ3v) is 5.24. The zero-order valence-electron chi connectivity index (χ0n) is 12.8. The first-order chi connectivity index (χ1) is 9.40. The van der Waals surface area contributed by atoms with Crippen molar-refractivity contribution in [3.05, 3.63) is 0 Å². The van der Waals surface area contributed by atoms with Gasteiger partial charge in [-0.2, -0.15) is 0 Å². The van der Waals surface area contributed by atoms with Gasteiger partial charge in [0.1, 0.15) is 0 Å². The van der Waals surface area contributed by atoms with Crippen molar-refractivity contribution in [2.24, 2.45) is 17.6 Å². The summed E-state index contributed by atoms with van der Waals surface area (Å²) < 4.78 is 12.4. The molecule has 4 fully saturated rings. The highest BCUT2D eigenvalue weighted by Gasteiger charge is 2.59. The zero-order chi connectivity index (χ0) is 14.4. The Bertz CT molecular complexity index is 312. The van der Waals surface area contributed by atoms with Crippen molar-refractivity contribution in [1.29, 1.82) is 0 Å². The van der Waals surface area contributed by atoms with E-state index >= 15 is 0 Å². The maximum Gasteiger partial charge on any atom is 0.0745 e. The molecule has 0 aliphatic heterocycles. The summed E-state index contributed by atoms with van der Waals surface area (Å²) in [4.78, 5) is 0. The topological polar surface area (TPSA) is 64.7 Å². The van der Waals surface area contributed by atoms with Crippen molar-refractivity contribution in [3.63, 3.8) is 0 Å². The molecule has 0 saturated heterocycles. The summed E-state index contributed by atoms with van der Waals surface area (Å²) in [5.41, 5.74) is 5.82. The Morgan fingerprint density at radius 1 is 1.05 bits per heavy atom. The maximum atomic E-state index is 9.52. The van der Waals surface area contributed by atoms with Crippen molar-refractivity contribution >= 4 is 0 Å². The van der Waals surface area contributed by atoms with Crippen LogP contribution in [0.3, 0.4) is 0 Å². The predicted octanol–water partition coefficient (Wildman–Crippen LogP) is 1.84. The van der Waals surface area contributed by atoms with Crippen LogP contribution in [0.1, 0.15) is 52.4 Å². The summed E-state index contributed by atoms with van der Waals surface area (Å²) >= 11 is 0. The first kappa shape index (κ1) is 14.8. The number of hydrogen-bond acceptors (Lipinski definition) is 4. The van der Waals surface area contributed by atoms with Gasteiger partial charge in [-0.3, -0.25) is 0 Å². The van der Waals surface area contributed by atoms with Gasteiger partial charge < -0.3 is 20.3 Å². The number of aliphatic hydroxyl groups excluding tert-OH is 1.